The van der Waals surface area contributed by atoms with Crippen LogP contribution in [0.2, 0.25) is 0 Å². The van der Waals surface area contributed by atoms with Crippen LogP contribution in [0.15, 0.2) is 53.6 Å². The molecule has 4 rings (SSSR count). The number of hydrogen-bond donors (Lipinski definition) is 2. The van der Waals surface area contributed by atoms with Crippen molar-refractivity contribution >= 4 is 39.1 Å². The molecule has 3 aromatic rings. The number of para-hydroxylation sites is 1. The van der Waals surface area contributed by atoms with Crippen LogP contribution in [0.25, 0.3) is 10.2 Å². The van der Waals surface area contributed by atoms with E-state index in [1.807, 2.05) is 35.9 Å². The van der Waals surface area contributed by atoms with Gasteiger partial charge in [0.25, 0.3) is 5.91 Å². The van der Waals surface area contributed by atoms with Gasteiger partial charge in [-0.2, -0.15) is 0 Å². The Morgan fingerprint density at radius 1 is 1.12 bits per heavy atom. The molecule has 0 bridgehead atoms. The second-order valence-electron chi connectivity index (χ2n) is 6.30. The fourth-order valence-electron chi connectivity index (χ4n) is 2.65. The number of nitrogens with one attached hydrogen (secondary N) is 2. The molecule has 2 aromatic carbocycles. The maximum atomic E-state index is 12.3. The van der Waals surface area contributed by atoms with Gasteiger partial charge in [-0.05, 0) is 49.2 Å². The number of amides is 2. The third-order valence-corrected chi connectivity index (χ3v) is 5.44. The Labute approximate surface area is 154 Å². The molecule has 1 aromatic heterocycles. The van der Waals surface area contributed by atoms with Gasteiger partial charge >= 0.3 is 0 Å². The van der Waals surface area contributed by atoms with Crippen molar-refractivity contribution in [2.24, 2.45) is 18.1 Å². The molecule has 2 amide bonds. The van der Waals surface area contributed by atoms with Gasteiger partial charge in [0.05, 0.1) is 10.2 Å². The highest BCUT2D eigenvalue weighted by Crippen LogP contribution is 2.30. The fraction of sp³-hybridized carbons (Fsp3) is 0.211. The van der Waals surface area contributed by atoms with Crippen LogP contribution in [0.1, 0.15) is 23.2 Å². The molecule has 1 aliphatic carbocycles. The minimum Gasteiger partial charge on any atom is -0.326 e. The molecule has 0 unspecified atom stereocenters. The maximum absolute atomic E-state index is 12.3. The Kier molecular flexibility index (Phi) is 4.30. The smallest absolute Gasteiger partial charge is 0.271 e. The number of fused-ring (bicyclic) bond motifs is 1. The largest absolute Gasteiger partial charge is 0.326 e. The van der Waals surface area contributed by atoms with Gasteiger partial charge in [-0.15, -0.1) is 5.10 Å². The van der Waals surface area contributed by atoms with Crippen LogP contribution >= 0.6 is 11.3 Å². The average molecular weight is 366 g/mol. The number of carbonyl (C=O) groups excluding carboxylic acids is 2. The van der Waals surface area contributed by atoms with Gasteiger partial charge in [0.1, 0.15) is 0 Å². The predicted octanol–water partition coefficient (Wildman–Crippen LogP) is 2.83. The zero-order valence-electron chi connectivity index (χ0n) is 14.2. The highest BCUT2D eigenvalue weighted by atomic mass is 32.1. The van der Waals surface area contributed by atoms with Crippen LogP contribution in [-0.4, -0.2) is 16.4 Å². The Hall–Kier alpha value is -2.93. The molecule has 0 atom stereocenters. The van der Waals surface area contributed by atoms with E-state index < -0.39 is 0 Å². The van der Waals surface area contributed by atoms with Gasteiger partial charge in [0.2, 0.25) is 10.7 Å². The van der Waals surface area contributed by atoms with E-state index in [0.29, 0.717) is 16.1 Å². The van der Waals surface area contributed by atoms with E-state index in [9.17, 15) is 9.59 Å². The summed E-state index contributed by atoms with van der Waals surface area (Å²) in [6, 6.07) is 14.8. The number of nitrogens with zero attached hydrogens (tertiary/aromatic N) is 2. The van der Waals surface area contributed by atoms with Crippen molar-refractivity contribution in [3.05, 3.63) is 58.9 Å². The molecule has 132 valence electrons. The van der Waals surface area contributed by atoms with Crippen LogP contribution in [0, 0.1) is 5.92 Å². The number of anilines is 1. The third-order valence-electron chi connectivity index (χ3n) is 4.33. The van der Waals surface area contributed by atoms with Crippen LogP contribution in [0.3, 0.4) is 0 Å². The molecule has 6 nitrogen and oxygen atoms in total. The molecule has 1 fully saturated rings. The van der Waals surface area contributed by atoms with Crippen LogP contribution < -0.4 is 15.5 Å². The number of benzene rings is 2. The van der Waals surface area contributed by atoms with Gasteiger partial charge in [-0.25, -0.2) is 5.43 Å². The zero-order chi connectivity index (χ0) is 18.1. The predicted molar refractivity (Wildman–Crippen MR) is 102 cm³/mol. The Balaban J connectivity index is 1.47. The Bertz CT molecular complexity index is 1050. The summed E-state index contributed by atoms with van der Waals surface area (Å²) in [6.45, 7) is 0. The standard InChI is InChI=1S/C19H18N4O2S/c1-23-15-4-2-3-5-16(15)26-19(23)22-21-18(25)13-8-10-14(11-9-13)20-17(24)12-6-7-12/h2-5,8-12H,6-7H2,1H3,(H,20,24)(H,21,25)/b22-19+. The lowest BCUT2D eigenvalue weighted by atomic mass is 10.2. The number of rotatable bonds is 4. The molecule has 26 heavy (non-hydrogen) atoms. The lowest BCUT2D eigenvalue weighted by molar-refractivity contribution is -0.117. The molecule has 0 saturated heterocycles. The summed E-state index contributed by atoms with van der Waals surface area (Å²) in [6.07, 6.45) is 1.92. The monoisotopic (exact) mass is 366 g/mol. The summed E-state index contributed by atoms with van der Waals surface area (Å²) in [5.41, 5.74) is 4.85. The third kappa shape index (κ3) is 3.39. The molecule has 7 heteroatoms. The number of hydrogen-bond acceptors (Lipinski definition) is 4. The summed E-state index contributed by atoms with van der Waals surface area (Å²) in [7, 11) is 1.92. The summed E-state index contributed by atoms with van der Waals surface area (Å²) in [5.74, 6) is -0.0872. The first-order valence-electron chi connectivity index (χ1n) is 8.41. The van der Waals surface area contributed by atoms with Gasteiger partial charge in [0.15, 0.2) is 0 Å². The molecular formula is C19H18N4O2S. The van der Waals surface area contributed by atoms with E-state index in [-0.39, 0.29) is 17.7 Å². The van der Waals surface area contributed by atoms with Crippen LogP contribution in [0.5, 0.6) is 0 Å². The molecule has 1 saturated carbocycles. The quantitative estimate of drug-likeness (QED) is 0.697. The highest BCUT2D eigenvalue weighted by Gasteiger charge is 2.29. The van der Waals surface area contributed by atoms with Crippen molar-refractivity contribution in [2.75, 3.05) is 5.32 Å². The Morgan fingerprint density at radius 2 is 1.85 bits per heavy atom. The van der Waals surface area contributed by atoms with E-state index in [1.165, 1.54) is 11.3 Å². The lowest BCUT2D eigenvalue weighted by Gasteiger charge is -2.05. The van der Waals surface area contributed by atoms with Gasteiger partial charge in [-0.1, -0.05) is 23.5 Å². The first-order valence-corrected chi connectivity index (χ1v) is 9.23. The molecule has 0 radical (unpaired) electrons. The van der Waals surface area contributed by atoms with Crippen molar-refractivity contribution in [2.45, 2.75) is 12.8 Å². The molecule has 1 heterocycles. The van der Waals surface area contributed by atoms with E-state index in [1.54, 1.807) is 24.3 Å². The van der Waals surface area contributed by atoms with Gasteiger partial charge in [0, 0.05) is 24.2 Å². The minimum atomic E-state index is -0.289. The second-order valence-corrected chi connectivity index (χ2v) is 7.31. The van der Waals surface area contributed by atoms with E-state index in [0.717, 1.165) is 23.1 Å². The number of thiazole rings is 1. The van der Waals surface area contributed by atoms with E-state index >= 15 is 0 Å². The maximum Gasteiger partial charge on any atom is 0.271 e. The normalized spacial score (nSPS) is 14.4. The highest BCUT2D eigenvalue weighted by molar-refractivity contribution is 7.16. The average Bonchev–Trinajstić information content (AvgIpc) is 3.46. The van der Waals surface area contributed by atoms with Gasteiger partial charge < -0.3 is 9.88 Å². The number of carbonyl (C=O) groups is 2. The Morgan fingerprint density at radius 3 is 2.54 bits per heavy atom. The topological polar surface area (TPSA) is 75.5 Å². The summed E-state index contributed by atoms with van der Waals surface area (Å²) >= 11 is 1.51. The molecule has 1 aliphatic rings. The SMILES string of the molecule is Cn1/c(=N\NC(=O)c2ccc(NC(=O)C3CC3)cc2)sc2ccccc21. The summed E-state index contributed by atoms with van der Waals surface area (Å²) in [4.78, 5) is 24.8. The number of aromatic nitrogens is 1. The summed E-state index contributed by atoms with van der Waals surface area (Å²) in [5, 5.41) is 7.09. The number of aryl methyl sites for hydroxylation is 1. The second kappa shape index (κ2) is 6.76. The first-order chi connectivity index (χ1) is 12.6. The fourth-order valence-corrected chi connectivity index (χ4v) is 3.63. The summed E-state index contributed by atoms with van der Waals surface area (Å²) < 4.78 is 3.05. The van der Waals surface area contributed by atoms with E-state index in [4.69, 9.17) is 0 Å². The van der Waals surface area contributed by atoms with Crippen LogP contribution in [-0.2, 0) is 11.8 Å². The van der Waals surface area contributed by atoms with Crippen molar-refractivity contribution in [3.8, 4) is 0 Å². The van der Waals surface area contributed by atoms with Crippen molar-refractivity contribution in [1.82, 2.24) is 9.99 Å². The molecule has 0 spiro atoms. The van der Waals surface area contributed by atoms with Crippen LogP contribution in [0.4, 0.5) is 5.69 Å². The van der Waals surface area contributed by atoms with Gasteiger partial charge in [-0.3, -0.25) is 9.59 Å². The molecule has 0 aliphatic heterocycles. The van der Waals surface area contributed by atoms with Crippen molar-refractivity contribution in [1.29, 1.82) is 0 Å². The molecule has 2 N–H and O–H groups in total. The molecular weight excluding hydrogens is 348 g/mol. The van der Waals surface area contributed by atoms with Crippen molar-refractivity contribution < 1.29 is 9.59 Å². The first kappa shape index (κ1) is 16.5. The van der Waals surface area contributed by atoms with E-state index in [2.05, 4.69) is 15.8 Å². The lowest BCUT2D eigenvalue weighted by Crippen LogP contribution is -2.23. The minimum absolute atomic E-state index is 0.0504. The van der Waals surface area contributed by atoms with Crippen molar-refractivity contribution in [3.63, 3.8) is 0 Å². The zero-order valence-corrected chi connectivity index (χ0v) is 15.0.